The molecule has 0 unspecified atom stereocenters. The van der Waals surface area contributed by atoms with Crippen molar-refractivity contribution in [3.63, 3.8) is 0 Å². The van der Waals surface area contributed by atoms with Crippen LogP contribution in [0.15, 0.2) is 47.3 Å². The van der Waals surface area contributed by atoms with Crippen LogP contribution in [0.4, 0.5) is 10.1 Å². The fourth-order valence-corrected chi connectivity index (χ4v) is 4.13. The molecule has 3 rings (SSSR count). The fourth-order valence-electron chi connectivity index (χ4n) is 2.74. The number of aromatic nitrogens is 1. The number of ether oxygens (including phenoxy) is 2. The lowest BCUT2D eigenvalue weighted by Gasteiger charge is -2.12. The molecule has 0 fully saturated rings. The Bertz CT molecular complexity index is 1080. The van der Waals surface area contributed by atoms with Crippen LogP contribution in [0.3, 0.4) is 0 Å². The van der Waals surface area contributed by atoms with Gasteiger partial charge in [0.15, 0.2) is 11.5 Å². The maximum atomic E-state index is 13.6. The predicted octanol–water partition coefficient (Wildman–Crippen LogP) is 4.44. The van der Waals surface area contributed by atoms with Gasteiger partial charge in [-0.1, -0.05) is 18.2 Å². The van der Waals surface area contributed by atoms with Gasteiger partial charge in [0.05, 0.1) is 29.3 Å². The monoisotopic (exact) mass is 477 g/mol. The standard InChI is InChI=1S/C21H20FN3O5S2/c1-29-19-8-16(18(25(27)28)9-20(19)30-10-15-12-32-13-24-15)21(26)23-6-7-31-11-14-4-2-3-5-17(14)22/h2-5,8-9,12-13H,6-7,10-11H2,1H3,(H,23,26). The number of hydrogen-bond donors (Lipinski definition) is 1. The normalized spacial score (nSPS) is 10.6. The number of rotatable bonds is 11. The van der Waals surface area contributed by atoms with Gasteiger partial charge in [0.1, 0.15) is 18.0 Å². The molecule has 0 spiro atoms. The largest absolute Gasteiger partial charge is 0.493 e. The number of nitro groups is 1. The first-order valence-electron chi connectivity index (χ1n) is 9.45. The Balaban J connectivity index is 1.62. The van der Waals surface area contributed by atoms with Crippen LogP contribution in [-0.4, -0.2) is 35.2 Å². The molecule has 168 valence electrons. The van der Waals surface area contributed by atoms with E-state index in [0.29, 0.717) is 22.8 Å². The van der Waals surface area contributed by atoms with E-state index in [1.807, 2.05) is 0 Å². The second-order valence-corrected chi connectivity index (χ2v) is 8.27. The first-order chi connectivity index (χ1) is 15.5. The number of thiazole rings is 1. The first kappa shape index (κ1) is 23.5. The quantitative estimate of drug-likeness (QED) is 0.247. The first-order valence-corrected chi connectivity index (χ1v) is 11.5. The molecule has 1 amide bonds. The summed E-state index contributed by atoms with van der Waals surface area (Å²) in [6.07, 6.45) is 0. The fraction of sp³-hybridized carbons (Fsp3) is 0.238. The molecule has 0 radical (unpaired) electrons. The summed E-state index contributed by atoms with van der Waals surface area (Å²) >= 11 is 2.85. The van der Waals surface area contributed by atoms with Crippen LogP contribution in [0.2, 0.25) is 0 Å². The molecule has 2 aromatic carbocycles. The van der Waals surface area contributed by atoms with Crippen LogP contribution in [-0.2, 0) is 12.4 Å². The molecule has 0 saturated heterocycles. The van der Waals surface area contributed by atoms with Gasteiger partial charge in [0, 0.05) is 29.5 Å². The number of methoxy groups -OCH3 is 1. The molecule has 1 heterocycles. The number of carbonyl (C=O) groups excluding carboxylic acids is 1. The molecule has 0 bridgehead atoms. The van der Waals surface area contributed by atoms with Gasteiger partial charge in [-0.2, -0.15) is 11.8 Å². The zero-order chi connectivity index (χ0) is 22.9. The Kier molecular flexibility index (Phi) is 8.40. The van der Waals surface area contributed by atoms with Crippen LogP contribution in [0.1, 0.15) is 21.6 Å². The maximum absolute atomic E-state index is 13.6. The topological polar surface area (TPSA) is 104 Å². The van der Waals surface area contributed by atoms with Crippen molar-refractivity contribution in [1.82, 2.24) is 10.3 Å². The number of hydrogen-bond acceptors (Lipinski definition) is 8. The number of thioether (sulfide) groups is 1. The zero-order valence-corrected chi connectivity index (χ0v) is 18.7. The minimum Gasteiger partial charge on any atom is -0.493 e. The predicted molar refractivity (Wildman–Crippen MR) is 121 cm³/mol. The highest BCUT2D eigenvalue weighted by atomic mass is 32.2. The van der Waals surface area contributed by atoms with Gasteiger partial charge in [0.2, 0.25) is 0 Å². The van der Waals surface area contributed by atoms with Crippen LogP contribution in [0.5, 0.6) is 11.5 Å². The van der Waals surface area contributed by atoms with Crippen molar-refractivity contribution >= 4 is 34.7 Å². The van der Waals surface area contributed by atoms with Crippen molar-refractivity contribution in [3.05, 3.63) is 80.0 Å². The molecular formula is C21H20FN3O5S2. The summed E-state index contributed by atoms with van der Waals surface area (Å²) in [6.45, 7) is 0.376. The number of amides is 1. The van der Waals surface area contributed by atoms with Crippen molar-refractivity contribution < 1.29 is 23.6 Å². The summed E-state index contributed by atoms with van der Waals surface area (Å²) in [5, 5.41) is 16.0. The Hall–Kier alpha value is -3.18. The summed E-state index contributed by atoms with van der Waals surface area (Å²) < 4.78 is 24.5. The molecule has 3 aromatic rings. The highest BCUT2D eigenvalue weighted by Gasteiger charge is 2.24. The maximum Gasteiger partial charge on any atom is 0.286 e. The molecule has 8 nitrogen and oxygen atoms in total. The molecule has 32 heavy (non-hydrogen) atoms. The summed E-state index contributed by atoms with van der Waals surface area (Å²) in [4.78, 5) is 27.6. The molecule has 1 aromatic heterocycles. The number of nitro benzene ring substituents is 1. The minimum absolute atomic E-state index is 0.113. The van der Waals surface area contributed by atoms with E-state index in [0.717, 1.165) is 0 Å². The molecule has 0 aliphatic carbocycles. The molecule has 0 saturated carbocycles. The number of carbonyl (C=O) groups is 1. The van der Waals surface area contributed by atoms with Crippen LogP contribution in [0, 0.1) is 15.9 Å². The van der Waals surface area contributed by atoms with Gasteiger partial charge in [-0.05, 0) is 11.6 Å². The Labute approximate surface area is 191 Å². The van der Waals surface area contributed by atoms with Crippen LogP contribution >= 0.6 is 23.1 Å². The van der Waals surface area contributed by atoms with Gasteiger partial charge < -0.3 is 14.8 Å². The van der Waals surface area contributed by atoms with Gasteiger partial charge in [-0.3, -0.25) is 14.9 Å². The van der Waals surface area contributed by atoms with Crippen molar-refractivity contribution in [2.45, 2.75) is 12.4 Å². The number of benzene rings is 2. The third kappa shape index (κ3) is 6.17. The van der Waals surface area contributed by atoms with Crippen molar-refractivity contribution in [2.24, 2.45) is 0 Å². The lowest BCUT2D eigenvalue weighted by molar-refractivity contribution is -0.385. The highest BCUT2D eigenvalue weighted by molar-refractivity contribution is 7.98. The second-order valence-electron chi connectivity index (χ2n) is 6.45. The third-order valence-electron chi connectivity index (χ3n) is 4.33. The minimum atomic E-state index is -0.642. The van der Waals surface area contributed by atoms with Gasteiger partial charge in [-0.15, -0.1) is 11.3 Å². The average Bonchev–Trinajstić information content (AvgIpc) is 3.31. The lowest BCUT2D eigenvalue weighted by atomic mass is 10.1. The number of nitrogens with one attached hydrogen (secondary N) is 1. The Morgan fingerprint density at radius 2 is 2.12 bits per heavy atom. The summed E-state index contributed by atoms with van der Waals surface area (Å²) in [5.41, 5.74) is 2.38. The average molecular weight is 478 g/mol. The second kappa shape index (κ2) is 11.4. The van der Waals surface area contributed by atoms with Crippen LogP contribution < -0.4 is 14.8 Å². The van der Waals surface area contributed by atoms with E-state index in [1.54, 1.807) is 29.1 Å². The summed E-state index contributed by atoms with van der Waals surface area (Å²) in [5.74, 6) is 0.437. The van der Waals surface area contributed by atoms with E-state index in [1.165, 1.54) is 48.4 Å². The molecule has 1 N–H and O–H groups in total. The third-order valence-corrected chi connectivity index (χ3v) is 5.97. The van der Waals surface area contributed by atoms with Gasteiger partial charge in [-0.25, -0.2) is 9.37 Å². The Morgan fingerprint density at radius 1 is 1.31 bits per heavy atom. The molecule has 11 heteroatoms. The van der Waals surface area contributed by atoms with E-state index in [2.05, 4.69) is 10.3 Å². The van der Waals surface area contributed by atoms with Gasteiger partial charge >= 0.3 is 0 Å². The highest BCUT2D eigenvalue weighted by Crippen LogP contribution is 2.35. The van der Waals surface area contributed by atoms with E-state index in [4.69, 9.17) is 9.47 Å². The molecule has 0 aliphatic rings. The van der Waals surface area contributed by atoms with Crippen molar-refractivity contribution in [3.8, 4) is 11.5 Å². The SMILES string of the molecule is COc1cc(C(=O)NCCSCc2ccccc2F)c([N+](=O)[O-])cc1OCc1cscn1. The summed E-state index contributed by atoms with van der Waals surface area (Å²) in [6, 6.07) is 8.95. The van der Waals surface area contributed by atoms with E-state index < -0.39 is 16.5 Å². The molecule has 0 atom stereocenters. The molecular weight excluding hydrogens is 457 g/mol. The lowest BCUT2D eigenvalue weighted by Crippen LogP contribution is -2.26. The van der Waals surface area contributed by atoms with Crippen LogP contribution in [0.25, 0.3) is 0 Å². The van der Waals surface area contributed by atoms with E-state index in [-0.39, 0.29) is 36.0 Å². The van der Waals surface area contributed by atoms with E-state index in [9.17, 15) is 19.3 Å². The van der Waals surface area contributed by atoms with Crippen molar-refractivity contribution in [2.75, 3.05) is 19.4 Å². The number of halogens is 1. The smallest absolute Gasteiger partial charge is 0.286 e. The van der Waals surface area contributed by atoms with Gasteiger partial charge in [0.25, 0.3) is 11.6 Å². The zero-order valence-electron chi connectivity index (χ0n) is 17.1. The van der Waals surface area contributed by atoms with E-state index >= 15 is 0 Å². The number of nitrogens with zero attached hydrogens (tertiary/aromatic N) is 2. The summed E-state index contributed by atoms with van der Waals surface area (Å²) in [7, 11) is 1.39. The molecule has 0 aliphatic heterocycles. The van der Waals surface area contributed by atoms with Crippen molar-refractivity contribution in [1.29, 1.82) is 0 Å². The Morgan fingerprint density at radius 3 is 2.81 bits per heavy atom.